The molecule has 0 amide bonds. The van der Waals surface area contributed by atoms with Gasteiger partial charge in [-0.05, 0) is 38.1 Å². The van der Waals surface area contributed by atoms with Crippen molar-refractivity contribution in [3.8, 4) is 0 Å². The maximum Gasteiger partial charge on any atom is 0.0756 e. The van der Waals surface area contributed by atoms with Crippen molar-refractivity contribution in [2.45, 2.75) is 31.8 Å². The molecular weight excluding hydrogens is 162 g/mol. The topological polar surface area (TPSA) is 21.3 Å². The molecule has 2 heterocycles. The number of rotatable bonds is 2. The van der Waals surface area contributed by atoms with Gasteiger partial charge in [0.2, 0.25) is 0 Å². The van der Waals surface area contributed by atoms with E-state index in [1.54, 1.807) is 0 Å². The minimum Gasteiger partial charge on any atom is -0.374 e. The monoisotopic (exact) mass is 181 g/mol. The van der Waals surface area contributed by atoms with Gasteiger partial charge < -0.3 is 10.1 Å². The third-order valence-corrected chi connectivity index (χ3v) is 2.90. The molecule has 2 heteroatoms. The fourth-order valence-electron chi connectivity index (χ4n) is 2.08. The summed E-state index contributed by atoms with van der Waals surface area (Å²) in [6.45, 7) is 3.31. The minimum absolute atomic E-state index is 0.418. The highest BCUT2D eigenvalue weighted by Crippen LogP contribution is 2.16. The van der Waals surface area contributed by atoms with Crippen LogP contribution in [0.15, 0.2) is 12.2 Å². The van der Waals surface area contributed by atoms with Crippen LogP contribution in [-0.4, -0.2) is 25.8 Å². The fourth-order valence-corrected chi connectivity index (χ4v) is 2.08. The molecule has 0 bridgehead atoms. The Kier molecular flexibility index (Phi) is 3.39. The van der Waals surface area contributed by atoms with E-state index in [0.29, 0.717) is 6.10 Å². The van der Waals surface area contributed by atoms with E-state index in [2.05, 4.69) is 17.5 Å². The lowest BCUT2D eigenvalue weighted by Crippen LogP contribution is -2.28. The molecule has 1 N–H and O–H groups in total. The lowest BCUT2D eigenvalue weighted by atomic mass is 9.98. The number of hydrogen-bond acceptors (Lipinski definition) is 2. The SMILES string of the molecule is C(=C\C1CCCO1)/C1CCCNC1. The summed E-state index contributed by atoms with van der Waals surface area (Å²) < 4.78 is 5.54. The first-order valence-corrected chi connectivity index (χ1v) is 5.46. The van der Waals surface area contributed by atoms with Gasteiger partial charge in [0.05, 0.1) is 6.10 Å². The molecule has 74 valence electrons. The Balaban J connectivity index is 1.74. The molecule has 0 aliphatic carbocycles. The van der Waals surface area contributed by atoms with E-state index in [4.69, 9.17) is 4.74 Å². The molecule has 2 nitrogen and oxygen atoms in total. The van der Waals surface area contributed by atoms with Crippen molar-refractivity contribution in [3.63, 3.8) is 0 Å². The Hall–Kier alpha value is -0.340. The second-order valence-corrected chi connectivity index (χ2v) is 4.04. The van der Waals surface area contributed by atoms with Crippen LogP contribution < -0.4 is 5.32 Å². The zero-order valence-corrected chi connectivity index (χ0v) is 8.17. The molecule has 0 aromatic carbocycles. The average Bonchev–Trinajstić information content (AvgIpc) is 2.69. The Morgan fingerprint density at radius 3 is 2.85 bits per heavy atom. The van der Waals surface area contributed by atoms with Gasteiger partial charge in [0, 0.05) is 13.2 Å². The molecule has 0 aromatic heterocycles. The Bertz CT molecular complexity index is 167. The first-order chi connectivity index (χ1) is 6.45. The van der Waals surface area contributed by atoms with Crippen LogP contribution in [0, 0.1) is 5.92 Å². The highest BCUT2D eigenvalue weighted by Gasteiger charge is 2.14. The van der Waals surface area contributed by atoms with Gasteiger partial charge in [0.25, 0.3) is 0 Å². The van der Waals surface area contributed by atoms with Crippen LogP contribution in [0.25, 0.3) is 0 Å². The predicted octanol–water partition coefficient (Wildman–Crippen LogP) is 1.72. The zero-order chi connectivity index (χ0) is 8.93. The van der Waals surface area contributed by atoms with Crippen molar-refractivity contribution in [1.82, 2.24) is 5.32 Å². The number of piperidine rings is 1. The van der Waals surface area contributed by atoms with Gasteiger partial charge in [-0.1, -0.05) is 12.2 Å². The van der Waals surface area contributed by atoms with Crippen LogP contribution in [-0.2, 0) is 4.74 Å². The van der Waals surface area contributed by atoms with E-state index in [-0.39, 0.29) is 0 Å². The van der Waals surface area contributed by atoms with Crippen molar-refractivity contribution in [2.24, 2.45) is 5.92 Å². The standard InChI is InChI=1S/C11H19NO/c1-3-10(9-12-7-1)5-6-11-4-2-8-13-11/h5-6,10-12H,1-4,7-9H2/b6-5+. The van der Waals surface area contributed by atoms with Gasteiger partial charge in [-0.3, -0.25) is 0 Å². The van der Waals surface area contributed by atoms with Crippen LogP contribution in [0.5, 0.6) is 0 Å². The average molecular weight is 181 g/mol. The molecule has 0 spiro atoms. The lowest BCUT2D eigenvalue weighted by molar-refractivity contribution is 0.145. The van der Waals surface area contributed by atoms with Crippen molar-refractivity contribution in [3.05, 3.63) is 12.2 Å². The van der Waals surface area contributed by atoms with E-state index in [0.717, 1.165) is 19.1 Å². The highest BCUT2D eigenvalue weighted by atomic mass is 16.5. The third-order valence-electron chi connectivity index (χ3n) is 2.90. The molecule has 2 unspecified atom stereocenters. The second-order valence-electron chi connectivity index (χ2n) is 4.04. The van der Waals surface area contributed by atoms with E-state index >= 15 is 0 Å². The van der Waals surface area contributed by atoms with Crippen LogP contribution in [0.1, 0.15) is 25.7 Å². The quantitative estimate of drug-likeness (QED) is 0.655. The van der Waals surface area contributed by atoms with Crippen molar-refractivity contribution >= 4 is 0 Å². The van der Waals surface area contributed by atoms with E-state index in [1.165, 1.54) is 32.2 Å². The number of nitrogens with one attached hydrogen (secondary N) is 1. The predicted molar refractivity (Wildman–Crippen MR) is 53.7 cm³/mol. The van der Waals surface area contributed by atoms with Gasteiger partial charge >= 0.3 is 0 Å². The first-order valence-electron chi connectivity index (χ1n) is 5.46. The van der Waals surface area contributed by atoms with Gasteiger partial charge in [-0.15, -0.1) is 0 Å². The van der Waals surface area contributed by atoms with E-state index in [9.17, 15) is 0 Å². The normalized spacial score (nSPS) is 35.7. The summed E-state index contributed by atoms with van der Waals surface area (Å²) in [4.78, 5) is 0. The third kappa shape index (κ3) is 2.82. The summed E-state index contributed by atoms with van der Waals surface area (Å²) in [6, 6.07) is 0. The highest BCUT2D eigenvalue weighted by molar-refractivity contribution is 4.96. The molecule has 2 saturated heterocycles. The largest absolute Gasteiger partial charge is 0.374 e. The number of ether oxygens (including phenoxy) is 1. The maximum atomic E-state index is 5.54. The van der Waals surface area contributed by atoms with Crippen LogP contribution in [0.4, 0.5) is 0 Å². The van der Waals surface area contributed by atoms with Crippen molar-refractivity contribution < 1.29 is 4.74 Å². The molecule has 2 atom stereocenters. The summed E-state index contributed by atoms with van der Waals surface area (Å²) in [7, 11) is 0. The molecule has 0 radical (unpaired) electrons. The minimum atomic E-state index is 0.418. The fraction of sp³-hybridized carbons (Fsp3) is 0.818. The Labute approximate surface area is 80.4 Å². The number of hydrogen-bond donors (Lipinski definition) is 1. The molecule has 0 aromatic rings. The molecule has 2 aliphatic heterocycles. The summed E-state index contributed by atoms with van der Waals surface area (Å²) in [5.41, 5.74) is 0. The van der Waals surface area contributed by atoms with Crippen molar-refractivity contribution in [2.75, 3.05) is 19.7 Å². The van der Waals surface area contributed by atoms with Crippen molar-refractivity contribution in [1.29, 1.82) is 0 Å². The molecule has 2 rings (SSSR count). The van der Waals surface area contributed by atoms with Gasteiger partial charge in [0.15, 0.2) is 0 Å². The van der Waals surface area contributed by atoms with Crippen LogP contribution >= 0.6 is 0 Å². The van der Waals surface area contributed by atoms with Crippen LogP contribution in [0.2, 0.25) is 0 Å². The molecule has 13 heavy (non-hydrogen) atoms. The smallest absolute Gasteiger partial charge is 0.0756 e. The molecule has 2 aliphatic rings. The molecular formula is C11H19NO. The summed E-state index contributed by atoms with van der Waals surface area (Å²) in [5, 5.41) is 3.42. The second kappa shape index (κ2) is 4.77. The van der Waals surface area contributed by atoms with E-state index in [1.807, 2.05) is 0 Å². The first kappa shape index (κ1) is 9.22. The lowest BCUT2D eigenvalue weighted by Gasteiger charge is -2.19. The van der Waals surface area contributed by atoms with Gasteiger partial charge in [-0.2, -0.15) is 0 Å². The zero-order valence-electron chi connectivity index (χ0n) is 8.17. The van der Waals surface area contributed by atoms with E-state index < -0.39 is 0 Å². The summed E-state index contributed by atoms with van der Waals surface area (Å²) >= 11 is 0. The Morgan fingerprint density at radius 2 is 2.15 bits per heavy atom. The van der Waals surface area contributed by atoms with Gasteiger partial charge in [-0.25, -0.2) is 0 Å². The molecule has 0 saturated carbocycles. The molecule has 2 fully saturated rings. The van der Waals surface area contributed by atoms with Gasteiger partial charge in [0.1, 0.15) is 0 Å². The van der Waals surface area contributed by atoms with Crippen LogP contribution in [0.3, 0.4) is 0 Å². The maximum absolute atomic E-state index is 5.54. The summed E-state index contributed by atoms with van der Waals surface area (Å²) in [5.74, 6) is 0.748. The Morgan fingerprint density at radius 1 is 1.15 bits per heavy atom. The summed E-state index contributed by atoms with van der Waals surface area (Å²) in [6.07, 6.45) is 10.2.